The van der Waals surface area contributed by atoms with Crippen molar-refractivity contribution in [3.63, 3.8) is 0 Å². The van der Waals surface area contributed by atoms with Crippen molar-refractivity contribution < 1.29 is 9.18 Å². The van der Waals surface area contributed by atoms with Gasteiger partial charge in [0.15, 0.2) is 0 Å². The van der Waals surface area contributed by atoms with Gasteiger partial charge in [0.05, 0.1) is 29.5 Å². The predicted molar refractivity (Wildman–Crippen MR) is 126 cm³/mol. The SMILES string of the molecule is Cc1cn(Cc2cnc(C(NC(=O)c3cc4c(F)ccc(C)c4[nH]3)C3CC3)c(C)c2)c(C)n1. The van der Waals surface area contributed by atoms with E-state index in [0.29, 0.717) is 29.1 Å². The lowest BCUT2D eigenvalue weighted by Gasteiger charge is -2.20. The van der Waals surface area contributed by atoms with Gasteiger partial charge in [-0.25, -0.2) is 9.37 Å². The first kappa shape index (κ1) is 21.4. The van der Waals surface area contributed by atoms with Crippen LogP contribution in [0.1, 0.15) is 63.3 Å². The number of hydrogen-bond donors (Lipinski definition) is 2. The maximum atomic E-state index is 14.2. The summed E-state index contributed by atoms with van der Waals surface area (Å²) < 4.78 is 16.3. The van der Waals surface area contributed by atoms with E-state index in [4.69, 9.17) is 4.98 Å². The molecule has 0 bridgehead atoms. The molecule has 4 aromatic rings. The zero-order valence-corrected chi connectivity index (χ0v) is 19.4. The summed E-state index contributed by atoms with van der Waals surface area (Å²) in [4.78, 5) is 25.4. The number of rotatable bonds is 6. The fraction of sp³-hybridized carbons (Fsp3) is 0.346. The number of aromatic nitrogens is 4. The maximum Gasteiger partial charge on any atom is 0.268 e. The summed E-state index contributed by atoms with van der Waals surface area (Å²) in [5, 5.41) is 3.60. The summed E-state index contributed by atoms with van der Waals surface area (Å²) in [5.74, 6) is 0.771. The molecule has 0 radical (unpaired) electrons. The highest BCUT2D eigenvalue weighted by molar-refractivity contribution is 5.99. The first-order valence-electron chi connectivity index (χ1n) is 11.3. The number of carbonyl (C=O) groups excluding carboxylic acids is 1. The number of aryl methyl sites for hydroxylation is 4. The summed E-state index contributed by atoms with van der Waals surface area (Å²) >= 11 is 0. The van der Waals surface area contributed by atoms with Crippen LogP contribution in [0, 0.1) is 39.4 Å². The van der Waals surface area contributed by atoms with E-state index in [-0.39, 0.29) is 17.8 Å². The van der Waals surface area contributed by atoms with E-state index >= 15 is 0 Å². The molecule has 0 spiro atoms. The second-order valence-corrected chi connectivity index (χ2v) is 9.23. The fourth-order valence-electron chi connectivity index (χ4n) is 4.59. The molecular formula is C26H28FN5O. The van der Waals surface area contributed by atoms with E-state index in [9.17, 15) is 9.18 Å². The summed E-state index contributed by atoms with van der Waals surface area (Å²) in [6.45, 7) is 8.64. The Morgan fingerprint density at radius 1 is 1.21 bits per heavy atom. The van der Waals surface area contributed by atoms with Crippen LogP contribution in [0.2, 0.25) is 0 Å². The molecular weight excluding hydrogens is 417 g/mol. The van der Waals surface area contributed by atoms with Gasteiger partial charge in [0.25, 0.3) is 5.91 Å². The van der Waals surface area contributed by atoms with Gasteiger partial charge in [0.2, 0.25) is 0 Å². The number of aromatic amines is 1. The van der Waals surface area contributed by atoms with Crippen molar-refractivity contribution in [3.05, 3.63) is 82.1 Å². The Morgan fingerprint density at radius 2 is 2.00 bits per heavy atom. The molecule has 3 heterocycles. The number of fused-ring (bicyclic) bond motifs is 1. The monoisotopic (exact) mass is 445 g/mol. The second-order valence-electron chi connectivity index (χ2n) is 9.23. The summed E-state index contributed by atoms with van der Waals surface area (Å²) in [5.41, 5.74) is 5.97. The van der Waals surface area contributed by atoms with Crippen LogP contribution in [0.5, 0.6) is 0 Å². The molecule has 170 valence electrons. The number of nitrogens with one attached hydrogen (secondary N) is 2. The molecule has 3 aromatic heterocycles. The van der Waals surface area contributed by atoms with Gasteiger partial charge in [-0.15, -0.1) is 0 Å². The lowest BCUT2D eigenvalue weighted by molar-refractivity contribution is 0.0926. The van der Waals surface area contributed by atoms with Gasteiger partial charge in [-0.2, -0.15) is 0 Å². The predicted octanol–water partition coefficient (Wildman–Crippen LogP) is 5.06. The molecule has 1 fully saturated rings. The molecule has 7 heteroatoms. The zero-order valence-electron chi connectivity index (χ0n) is 19.4. The minimum Gasteiger partial charge on any atom is -0.350 e. The largest absolute Gasteiger partial charge is 0.350 e. The molecule has 1 aromatic carbocycles. The Bertz CT molecular complexity index is 1330. The molecule has 1 amide bonds. The van der Waals surface area contributed by atoms with Crippen LogP contribution in [-0.2, 0) is 6.54 Å². The minimum absolute atomic E-state index is 0.166. The van der Waals surface area contributed by atoms with Crippen LogP contribution in [0.25, 0.3) is 10.9 Å². The maximum absolute atomic E-state index is 14.2. The van der Waals surface area contributed by atoms with E-state index in [1.165, 1.54) is 6.07 Å². The topological polar surface area (TPSA) is 75.6 Å². The molecule has 2 N–H and O–H groups in total. The molecule has 33 heavy (non-hydrogen) atoms. The highest BCUT2D eigenvalue weighted by Gasteiger charge is 2.35. The molecule has 6 nitrogen and oxygen atoms in total. The van der Waals surface area contributed by atoms with E-state index in [0.717, 1.165) is 46.7 Å². The van der Waals surface area contributed by atoms with Gasteiger partial charge >= 0.3 is 0 Å². The lowest BCUT2D eigenvalue weighted by atomic mass is 10.0. The van der Waals surface area contributed by atoms with Gasteiger partial charge in [-0.1, -0.05) is 12.1 Å². The Kier molecular flexibility index (Phi) is 5.27. The third kappa shape index (κ3) is 4.15. The van der Waals surface area contributed by atoms with Crippen molar-refractivity contribution >= 4 is 16.8 Å². The van der Waals surface area contributed by atoms with Crippen LogP contribution in [-0.4, -0.2) is 25.4 Å². The molecule has 1 aliphatic rings. The third-order valence-electron chi connectivity index (χ3n) is 6.49. The second kappa shape index (κ2) is 8.14. The van der Waals surface area contributed by atoms with Gasteiger partial charge < -0.3 is 14.9 Å². The highest BCUT2D eigenvalue weighted by atomic mass is 19.1. The van der Waals surface area contributed by atoms with E-state index in [1.807, 2.05) is 40.1 Å². The Hall–Kier alpha value is -3.48. The van der Waals surface area contributed by atoms with Crippen LogP contribution in [0.3, 0.4) is 0 Å². The van der Waals surface area contributed by atoms with E-state index < -0.39 is 0 Å². The number of nitrogens with zero attached hydrogens (tertiary/aromatic N) is 3. The van der Waals surface area contributed by atoms with Crippen LogP contribution >= 0.6 is 0 Å². The number of benzene rings is 1. The van der Waals surface area contributed by atoms with Crippen molar-refractivity contribution in [1.29, 1.82) is 0 Å². The molecule has 0 aliphatic heterocycles. The van der Waals surface area contributed by atoms with Crippen LogP contribution in [0.15, 0.2) is 36.7 Å². The number of pyridine rings is 1. The van der Waals surface area contributed by atoms with Gasteiger partial charge in [0, 0.05) is 17.8 Å². The Balaban J connectivity index is 1.39. The standard InChI is InChI=1S/C26H28FN5O/c1-14-5-8-21(27)20-10-22(30-23(14)20)26(33)31-25(19-6-7-19)24-15(2)9-18(11-28-24)13-32-12-16(3)29-17(32)4/h5,8-12,19,25,30H,6-7,13H2,1-4H3,(H,31,33). The van der Waals surface area contributed by atoms with Crippen LogP contribution < -0.4 is 5.32 Å². The molecule has 1 saturated carbocycles. The normalized spacial score (nSPS) is 14.6. The number of hydrogen-bond acceptors (Lipinski definition) is 3. The number of carbonyl (C=O) groups is 1. The fourth-order valence-corrected chi connectivity index (χ4v) is 4.59. The van der Waals surface area contributed by atoms with Crippen molar-refractivity contribution in [3.8, 4) is 0 Å². The van der Waals surface area contributed by atoms with E-state index in [1.54, 1.807) is 12.1 Å². The molecule has 1 aliphatic carbocycles. The number of imidazole rings is 1. The lowest BCUT2D eigenvalue weighted by Crippen LogP contribution is -2.31. The van der Waals surface area contributed by atoms with Gasteiger partial charge in [0.1, 0.15) is 17.3 Å². The third-order valence-corrected chi connectivity index (χ3v) is 6.49. The average Bonchev–Trinajstić information content (AvgIpc) is 3.42. The first-order chi connectivity index (χ1) is 15.8. The van der Waals surface area contributed by atoms with Crippen molar-refractivity contribution in [2.24, 2.45) is 5.92 Å². The van der Waals surface area contributed by atoms with E-state index in [2.05, 4.69) is 25.9 Å². The molecule has 5 rings (SSSR count). The Morgan fingerprint density at radius 3 is 2.64 bits per heavy atom. The number of H-pyrrole nitrogens is 1. The summed E-state index contributed by atoms with van der Waals surface area (Å²) in [6, 6.07) is 6.71. The zero-order chi connectivity index (χ0) is 23.3. The first-order valence-corrected chi connectivity index (χ1v) is 11.3. The van der Waals surface area contributed by atoms with Crippen molar-refractivity contribution in [1.82, 2.24) is 24.8 Å². The Labute approximate surface area is 192 Å². The van der Waals surface area contributed by atoms with Crippen molar-refractivity contribution in [2.75, 3.05) is 0 Å². The molecule has 0 saturated heterocycles. The average molecular weight is 446 g/mol. The smallest absolute Gasteiger partial charge is 0.268 e. The summed E-state index contributed by atoms with van der Waals surface area (Å²) in [7, 11) is 0. The number of halogens is 1. The number of amides is 1. The van der Waals surface area contributed by atoms with Crippen molar-refractivity contribution in [2.45, 2.75) is 53.1 Å². The van der Waals surface area contributed by atoms with Gasteiger partial charge in [-0.05, 0) is 75.3 Å². The minimum atomic E-state index is -0.332. The summed E-state index contributed by atoms with van der Waals surface area (Å²) in [6.07, 6.45) is 6.04. The molecule has 1 atom stereocenters. The van der Waals surface area contributed by atoms with Gasteiger partial charge in [-0.3, -0.25) is 9.78 Å². The van der Waals surface area contributed by atoms with Crippen LogP contribution in [0.4, 0.5) is 4.39 Å². The highest BCUT2D eigenvalue weighted by Crippen LogP contribution is 2.41. The quantitative estimate of drug-likeness (QED) is 0.436. The molecule has 1 unspecified atom stereocenters.